The van der Waals surface area contributed by atoms with Gasteiger partial charge in [0.1, 0.15) is 0 Å². The number of fused-ring (bicyclic) bond motifs is 5. The van der Waals surface area contributed by atoms with Crippen molar-refractivity contribution in [1.29, 1.82) is 0 Å². The highest BCUT2D eigenvalue weighted by molar-refractivity contribution is 5.28. The quantitative estimate of drug-likeness (QED) is 0.505. The summed E-state index contributed by atoms with van der Waals surface area (Å²) in [6.45, 7) is 15.8. The van der Waals surface area contributed by atoms with Crippen molar-refractivity contribution in [2.45, 2.75) is 104 Å². The fraction of sp³-hybridized carbons (Fsp3) is 0.857. The van der Waals surface area contributed by atoms with Gasteiger partial charge in [0, 0.05) is 0 Å². The van der Waals surface area contributed by atoms with Crippen LogP contribution in [0.2, 0.25) is 0 Å². The highest BCUT2D eigenvalue weighted by Crippen LogP contribution is 2.67. The van der Waals surface area contributed by atoms with Gasteiger partial charge in [-0.2, -0.15) is 0 Å². The molecule has 3 saturated carbocycles. The molecule has 0 amide bonds. The molecule has 3 nitrogen and oxygen atoms in total. The molecule has 4 aliphatic rings. The summed E-state index contributed by atoms with van der Waals surface area (Å²) in [6, 6.07) is 0. The molecule has 0 aliphatic heterocycles. The standard InChI is InChI=1S/C28H46O3/c1-16(2)17(3)7-8-18(4)26-24(31)15-22-25-21(10-12-28(22,26)6)27(5)11-9-20(29)13-19(27)14-23(25)30/h14,16,18,20-26,29-31H,3,7-13,15H2,1-2,4-6H3/t18?,20?,21?,22?,23?,24?,25?,26?,27-,28-/m0/s1. The lowest BCUT2D eigenvalue weighted by molar-refractivity contribution is -0.0987. The molecule has 0 heterocycles. The van der Waals surface area contributed by atoms with Crippen LogP contribution in [0.5, 0.6) is 0 Å². The van der Waals surface area contributed by atoms with E-state index in [-0.39, 0.29) is 29.0 Å². The molecule has 0 bridgehead atoms. The largest absolute Gasteiger partial charge is 0.393 e. The Balaban J connectivity index is 1.58. The maximum absolute atomic E-state index is 11.3. The van der Waals surface area contributed by atoms with Crippen LogP contribution in [-0.4, -0.2) is 33.6 Å². The summed E-state index contributed by atoms with van der Waals surface area (Å²) < 4.78 is 0. The second kappa shape index (κ2) is 8.29. The van der Waals surface area contributed by atoms with Gasteiger partial charge in [-0.3, -0.25) is 0 Å². The van der Waals surface area contributed by atoms with E-state index in [0.29, 0.717) is 29.6 Å². The zero-order chi connectivity index (χ0) is 22.7. The molecule has 0 aromatic rings. The molecule has 0 radical (unpaired) electrons. The first-order chi connectivity index (χ1) is 14.5. The normalized spacial score (nSPS) is 47.9. The van der Waals surface area contributed by atoms with Crippen molar-refractivity contribution < 1.29 is 15.3 Å². The summed E-state index contributed by atoms with van der Waals surface area (Å²) >= 11 is 0. The Morgan fingerprint density at radius 1 is 1.10 bits per heavy atom. The molecule has 3 heteroatoms. The maximum Gasteiger partial charge on any atom is 0.0757 e. The summed E-state index contributed by atoms with van der Waals surface area (Å²) in [5.41, 5.74) is 2.81. The minimum Gasteiger partial charge on any atom is -0.393 e. The Morgan fingerprint density at radius 3 is 2.48 bits per heavy atom. The number of aliphatic hydroxyl groups is 3. The third kappa shape index (κ3) is 3.77. The van der Waals surface area contributed by atoms with Crippen LogP contribution in [-0.2, 0) is 0 Å². The Kier molecular flexibility index (Phi) is 6.29. The van der Waals surface area contributed by atoms with Gasteiger partial charge in [0.15, 0.2) is 0 Å². The van der Waals surface area contributed by atoms with Crippen LogP contribution in [0.3, 0.4) is 0 Å². The molecule has 0 aromatic heterocycles. The van der Waals surface area contributed by atoms with E-state index in [9.17, 15) is 15.3 Å². The van der Waals surface area contributed by atoms with Crippen LogP contribution < -0.4 is 0 Å². The molecule has 0 aromatic carbocycles. The second-order valence-corrected chi connectivity index (χ2v) is 12.5. The zero-order valence-corrected chi connectivity index (χ0v) is 20.5. The highest BCUT2D eigenvalue weighted by Gasteiger charge is 2.63. The van der Waals surface area contributed by atoms with Crippen molar-refractivity contribution in [2.75, 3.05) is 0 Å². The predicted molar refractivity (Wildman–Crippen MR) is 126 cm³/mol. The van der Waals surface area contributed by atoms with Crippen LogP contribution in [0.15, 0.2) is 23.8 Å². The van der Waals surface area contributed by atoms with E-state index in [1.165, 1.54) is 11.1 Å². The Bertz CT molecular complexity index is 726. The van der Waals surface area contributed by atoms with Crippen molar-refractivity contribution in [1.82, 2.24) is 0 Å². The molecule has 0 spiro atoms. The highest BCUT2D eigenvalue weighted by atomic mass is 16.3. The number of allylic oxidation sites excluding steroid dienone is 1. The lowest BCUT2D eigenvalue weighted by atomic mass is 9.46. The van der Waals surface area contributed by atoms with Crippen molar-refractivity contribution in [3.05, 3.63) is 23.8 Å². The first kappa shape index (κ1) is 23.5. The Hall–Kier alpha value is -0.640. The van der Waals surface area contributed by atoms with Crippen LogP contribution >= 0.6 is 0 Å². The number of aliphatic hydroxyl groups excluding tert-OH is 3. The van der Waals surface area contributed by atoms with E-state index in [4.69, 9.17) is 0 Å². The fourth-order valence-electron chi connectivity index (χ4n) is 8.60. The molecule has 31 heavy (non-hydrogen) atoms. The number of hydrogen-bond donors (Lipinski definition) is 3. The van der Waals surface area contributed by atoms with Gasteiger partial charge in [0.2, 0.25) is 0 Å². The third-order valence-electron chi connectivity index (χ3n) is 10.6. The van der Waals surface area contributed by atoms with Gasteiger partial charge >= 0.3 is 0 Å². The summed E-state index contributed by atoms with van der Waals surface area (Å²) in [6.07, 6.45) is 9.01. The lowest BCUT2D eigenvalue weighted by Gasteiger charge is -2.59. The predicted octanol–water partition coefficient (Wildman–Crippen LogP) is 5.50. The average Bonchev–Trinajstić information content (AvgIpc) is 2.97. The van der Waals surface area contributed by atoms with Gasteiger partial charge in [-0.1, -0.05) is 58.4 Å². The van der Waals surface area contributed by atoms with Gasteiger partial charge < -0.3 is 15.3 Å². The van der Waals surface area contributed by atoms with Gasteiger partial charge in [-0.15, -0.1) is 0 Å². The monoisotopic (exact) mass is 430 g/mol. The minimum absolute atomic E-state index is 0.0933. The number of hydrogen-bond acceptors (Lipinski definition) is 3. The van der Waals surface area contributed by atoms with Crippen molar-refractivity contribution in [2.24, 2.45) is 46.3 Å². The molecule has 3 N–H and O–H groups in total. The SMILES string of the molecule is C=C(CCC(C)C1C(O)CC2C3C(O)C=C4CC(O)CC[C@]4(C)C3CC[C@@]21C)C(C)C. The van der Waals surface area contributed by atoms with E-state index < -0.39 is 6.10 Å². The molecule has 4 aliphatic carbocycles. The van der Waals surface area contributed by atoms with Crippen LogP contribution in [0.25, 0.3) is 0 Å². The Labute approximate surface area is 190 Å². The molecule has 10 atom stereocenters. The van der Waals surface area contributed by atoms with E-state index in [1.54, 1.807) is 0 Å². The van der Waals surface area contributed by atoms with Crippen LogP contribution in [0.1, 0.15) is 86.0 Å². The molecule has 8 unspecified atom stereocenters. The van der Waals surface area contributed by atoms with Gasteiger partial charge in [-0.25, -0.2) is 0 Å². The van der Waals surface area contributed by atoms with Crippen molar-refractivity contribution in [3.63, 3.8) is 0 Å². The molecule has 0 saturated heterocycles. The van der Waals surface area contributed by atoms with E-state index in [2.05, 4.69) is 47.3 Å². The topological polar surface area (TPSA) is 60.7 Å². The van der Waals surface area contributed by atoms with E-state index >= 15 is 0 Å². The summed E-state index contributed by atoms with van der Waals surface area (Å²) in [4.78, 5) is 0. The van der Waals surface area contributed by atoms with Crippen molar-refractivity contribution >= 4 is 0 Å². The van der Waals surface area contributed by atoms with Crippen LogP contribution in [0, 0.1) is 46.3 Å². The third-order valence-corrected chi connectivity index (χ3v) is 10.6. The summed E-state index contributed by atoms with van der Waals surface area (Å²) in [5, 5.41) is 32.8. The zero-order valence-electron chi connectivity index (χ0n) is 20.5. The maximum atomic E-state index is 11.3. The molecular formula is C28H46O3. The summed E-state index contributed by atoms with van der Waals surface area (Å²) in [5.74, 6) is 2.36. The Morgan fingerprint density at radius 2 is 1.81 bits per heavy atom. The van der Waals surface area contributed by atoms with Crippen molar-refractivity contribution in [3.8, 4) is 0 Å². The lowest BCUT2D eigenvalue weighted by Crippen LogP contribution is -2.55. The molecule has 4 rings (SSSR count). The molecular weight excluding hydrogens is 384 g/mol. The second-order valence-electron chi connectivity index (χ2n) is 12.5. The van der Waals surface area contributed by atoms with Gasteiger partial charge in [0.25, 0.3) is 0 Å². The summed E-state index contributed by atoms with van der Waals surface area (Å²) in [7, 11) is 0. The molecule has 3 fully saturated rings. The van der Waals surface area contributed by atoms with Gasteiger partial charge in [0.05, 0.1) is 18.3 Å². The van der Waals surface area contributed by atoms with Gasteiger partial charge in [-0.05, 0) is 97.7 Å². The number of rotatable bonds is 5. The average molecular weight is 431 g/mol. The van der Waals surface area contributed by atoms with E-state index in [1.807, 2.05) is 0 Å². The van der Waals surface area contributed by atoms with Crippen LogP contribution in [0.4, 0.5) is 0 Å². The molecule has 176 valence electrons. The first-order valence-corrected chi connectivity index (χ1v) is 12.9. The first-order valence-electron chi connectivity index (χ1n) is 12.9. The smallest absolute Gasteiger partial charge is 0.0757 e. The van der Waals surface area contributed by atoms with E-state index in [0.717, 1.165) is 51.4 Å². The fourth-order valence-corrected chi connectivity index (χ4v) is 8.60. The minimum atomic E-state index is -0.440.